The van der Waals surface area contributed by atoms with E-state index >= 15 is 0 Å². The molecule has 2 aromatic rings. The first-order chi connectivity index (χ1) is 13.1. The number of ether oxygens (including phenoxy) is 2. The van der Waals surface area contributed by atoms with Gasteiger partial charge < -0.3 is 18.9 Å². The third-order valence-electron chi connectivity index (χ3n) is 5.57. The van der Waals surface area contributed by atoms with Gasteiger partial charge in [0.1, 0.15) is 0 Å². The molecule has 2 aliphatic rings. The molecule has 1 aromatic heterocycles. The Labute approximate surface area is 160 Å². The zero-order chi connectivity index (χ0) is 18.7. The van der Waals surface area contributed by atoms with Crippen molar-refractivity contribution in [2.75, 3.05) is 19.9 Å². The predicted octanol–water partition coefficient (Wildman–Crippen LogP) is 3.26. The van der Waals surface area contributed by atoms with Gasteiger partial charge in [-0.2, -0.15) is 0 Å². The molecule has 4 rings (SSSR count). The van der Waals surface area contributed by atoms with Crippen LogP contribution in [0.15, 0.2) is 36.9 Å². The normalized spacial score (nSPS) is 21.4. The molecule has 0 spiro atoms. The fraction of sp³-hybridized carbons (Fsp3) is 0.524. The predicted molar refractivity (Wildman–Crippen MR) is 102 cm³/mol. The van der Waals surface area contributed by atoms with E-state index in [1.807, 2.05) is 16.8 Å². The van der Waals surface area contributed by atoms with Crippen LogP contribution in [-0.2, 0) is 17.8 Å². The molecule has 1 aromatic carbocycles. The van der Waals surface area contributed by atoms with Crippen molar-refractivity contribution in [2.24, 2.45) is 5.41 Å². The van der Waals surface area contributed by atoms with Crippen LogP contribution in [0.25, 0.3) is 0 Å². The minimum Gasteiger partial charge on any atom is -0.454 e. The summed E-state index contributed by atoms with van der Waals surface area (Å²) in [6.45, 7) is 5.14. The number of nitrogens with zero attached hydrogens (tertiary/aromatic N) is 3. The summed E-state index contributed by atoms with van der Waals surface area (Å²) in [5.41, 5.74) is 1.35. The SMILES string of the molecule is C[C@@]1(Cc2ccc3c(c2)OCO3)CCCN(C(=O)CCCn2ccnc2)C1. The van der Waals surface area contributed by atoms with Crippen molar-refractivity contribution in [3.63, 3.8) is 0 Å². The Morgan fingerprint density at radius 1 is 1.30 bits per heavy atom. The fourth-order valence-electron chi connectivity index (χ4n) is 4.21. The van der Waals surface area contributed by atoms with Gasteiger partial charge in [-0.25, -0.2) is 4.98 Å². The highest BCUT2D eigenvalue weighted by Crippen LogP contribution is 2.37. The lowest BCUT2D eigenvalue weighted by atomic mass is 9.77. The van der Waals surface area contributed by atoms with Gasteiger partial charge in [0.15, 0.2) is 11.5 Å². The molecule has 2 aliphatic heterocycles. The Bertz CT molecular complexity index is 790. The van der Waals surface area contributed by atoms with E-state index in [2.05, 4.69) is 28.9 Å². The Balaban J connectivity index is 1.32. The van der Waals surface area contributed by atoms with Crippen LogP contribution in [0.4, 0.5) is 0 Å². The molecule has 6 heteroatoms. The average Bonchev–Trinajstić information content (AvgIpc) is 3.32. The molecular weight excluding hydrogens is 342 g/mol. The number of fused-ring (bicyclic) bond motifs is 1. The molecule has 0 radical (unpaired) electrons. The Morgan fingerprint density at radius 3 is 3.04 bits per heavy atom. The maximum Gasteiger partial charge on any atom is 0.231 e. The van der Waals surface area contributed by atoms with Gasteiger partial charge in [0, 0.05) is 38.4 Å². The number of carbonyl (C=O) groups is 1. The number of benzene rings is 1. The molecule has 1 saturated heterocycles. The van der Waals surface area contributed by atoms with Gasteiger partial charge in [-0.05, 0) is 48.8 Å². The number of aryl methyl sites for hydroxylation is 1. The number of likely N-dealkylation sites (tertiary alicyclic amines) is 1. The molecule has 6 nitrogen and oxygen atoms in total. The second-order valence-corrected chi connectivity index (χ2v) is 8.00. The van der Waals surface area contributed by atoms with Gasteiger partial charge >= 0.3 is 0 Å². The molecule has 1 atom stereocenters. The summed E-state index contributed by atoms with van der Waals surface area (Å²) in [7, 11) is 0. The first-order valence-electron chi connectivity index (χ1n) is 9.73. The lowest BCUT2D eigenvalue weighted by molar-refractivity contribution is -0.134. The maximum absolute atomic E-state index is 12.7. The van der Waals surface area contributed by atoms with Crippen LogP contribution in [0.2, 0.25) is 0 Å². The first kappa shape index (κ1) is 17.9. The highest BCUT2D eigenvalue weighted by Gasteiger charge is 2.33. The third-order valence-corrected chi connectivity index (χ3v) is 5.57. The second kappa shape index (κ2) is 7.62. The van der Waals surface area contributed by atoms with E-state index < -0.39 is 0 Å². The third kappa shape index (κ3) is 4.26. The standard InChI is InChI=1S/C21H27N3O3/c1-21(13-17-5-6-18-19(12-17)27-16-26-18)7-3-10-24(14-21)20(25)4-2-9-23-11-8-22-15-23/h5-6,8,11-12,15H,2-4,7,9-10,13-14,16H2,1H3/t21-/m0/s1. The number of piperidine rings is 1. The minimum absolute atomic E-state index is 0.103. The zero-order valence-electron chi connectivity index (χ0n) is 15.9. The largest absolute Gasteiger partial charge is 0.454 e. The van der Waals surface area contributed by atoms with Crippen LogP contribution in [0.3, 0.4) is 0 Å². The van der Waals surface area contributed by atoms with Crippen LogP contribution in [0.5, 0.6) is 11.5 Å². The zero-order valence-corrected chi connectivity index (χ0v) is 15.9. The Morgan fingerprint density at radius 2 is 2.19 bits per heavy atom. The number of aromatic nitrogens is 2. The average molecular weight is 369 g/mol. The highest BCUT2D eigenvalue weighted by molar-refractivity contribution is 5.76. The number of rotatable bonds is 6. The minimum atomic E-state index is 0.103. The molecule has 0 N–H and O–H groups in total. The van der Waals surface area contributed by atoms with Crippen molar-refractivity contribution in [1.82, 2.24) is 14.5 Å². The van der Waals surface area contributed by atoms with Crippen molar-refractivity contribution < 1.29 is 14.3 Å². The van der Waals surface area contributed by atoms with Crippen LogP contribution >= 0.6 is 0 Å². The Hall–Kier alpha value is -2.50. The molecule has 1 amide bonds. The quantitative estimate of drug-likeness (QED) is 0.784. The van der Waals surface area contributed by atoms with Gasteiger partial charge in [0.25, 0.3) is 0 Å². The van der Waals surface area contributed by atoms with E-state index in [1.54, 1.807) is 12.5 Å². The van der Waals surface area contributed by atoms with Crippen molar-refractivity contribution in [3.05, 3.63) is 42.5 Å². The highest BCUT2D eigenvalue weighted by atomic mass is 16.7. The summed E-state index contributed by atoms with van der Waals surface area (Å²) < 4.78 is 12.9. The van der Waals surface area contributed by atoms with Crippen molar-refractivity contribution in [2.45, 2.75) is 45.6 Å². The number of imidazole rings is 1. The number of hydrogen-bond donors (Lipinski definition) is 0. The van der Waals surface area contributed by atoms with E-state index in [1.165, 1.54) is 5.56 Å². The molecule has 0 unspecified atom stereocenters. The van der Waals surface area contributed by atoms with Crippen LogP contribution in [-0.4, -0.2) is 40.2 Å². The van der Waals surface area contributed by atoms with Gasteiger partial charge in [0.2, 0.25) is 12.7 Å². The first-order valence-corrected chi connectivity index (χ1v) is 9.73. The van der Waals surface area contributed by atoms with Crippen molar-refractivity contribution in [3.8, 4) is 11.5 Å². The summed E-state index contributed by atoms with van der Waals surface area (Å²) in [6, 6.07) is 6.19. The molecule has 0 aliphatic carbocycles. The monoisotopic (exact) mass is 369 g/mol. The summed E-state index contributed by atoms with van der Waals surface area (Å²) in [4.78, 5) is 18.8. The lowest BCUT2D eigenvalue weighted by Crippen LogP contribution is -2.45. The summed E-state index contributed by atoms with van der Waals surface area (Å²) >= 11 is 0. The van der Waals surface area contributed by atoms with Crippen LogP contribution in [0.1, 0.15) is 38.2 Å². The number of hydrogen-bond acceptors (Lipinski definition) is 4. The molecule has 0 saturated carbocycles. The fourth-order valence-corrected chi connectivity index (χ4v) is 4.21. The van der Waals surface area contributed by atoms with Gasteiger partial charge in [0.05, 0.1) is 6.33 Å². The maximum atomic E-state index is 12.7. The summed E-state index contributed by atoms with van der Waals surface area (Å²) in [6.07, 6.45) is 10.1. The van der Waals surface area contributed by atoms with E-state index in [0.717, 1.165) is 56.8 Å². The molecule has 1 fully saturated rings. The van der Waals surface area contributed by atoms with Crippen molar-refractivity contribution >= 4 is 5.91 Å². The van der Waals surface area contributed by atoms with Gasteiger partial charge in [-0.3, -0.25) is 4.79 Å². The van der Waals surface area contributed by atoms with Crippen LogP contribution in [0, 0.1) is 5.41 Å². The molecule has 144 valence electrons. The van der Waals surface area contributed by atoms with Crippen LogP contribution < -0.4 is 9.47 Å². The van der Waals surface area contributed by atoms with Crippen molar-refractivity contribution in [1.29, 1.82) is 0 Å². The van der Waals surface area contributed by atoms with E-state index in [9.17, 15) is 4.79 Å². The van der Waals surface area contributed by atoms with E-state index in [0.29, 0.717) is 13.2 Å². The van der Waals surface area contributed by atoms with E-state index in [-0.39, 0.29) is 11.3 Å². The molecule has 0 bridgehead atoms. The number of amides is 1. The Kier molecular flexibility index (Phi) is 5.05. The van der Waals surface area contributed by atoms with Gasteiger partial charge in [-0.1, -0.05) is 13.0 Å². The van der Waals surface area contributed by atoms with Gasteiger partial charge in [-0.15, -0.1) is 0 Å². The second-order valence-electron chi connectivity index (χ2n) is 8.00. The lowest BCUT2D eigenvalue weighted by Gasteiger charge is -2.41. The summed E-state index contributed by atoms with van der Waals surface area (Å²) in [5, 5.41) is 0. The number of carbonyl (C=O) groups excluding carboxylic acids is 1. The molecular formula is C21H27N3O3. The topological polar surface area (TPSA) is 56.6 Å². The summed E-state index contributed by atoms with van der Waals surface area (Å²) in [5.74, 6) is 1.92. The smallest absolute Gasteiger partial charge is 0.231 e. The van der Waals surface area contributed by atoms with E-state index in [4.69, 9.17) is 9.47 Å². The molecule has 27 heavy (non-hydrogen) atoms. The molecule has 3 heterocycles.